The molecule has 0 unspecified atom stereocenters. The van der Waals surface area contributed by atoms with Crippen LogP contribution in [0, 0.1) is 0 Å². The fourth-order valence-corrected chi connectivity index (χ4v) is 8.51. The molecule has 0 atom stereocenters. The van der Waals surface area contributed by atoms with Crippen LogP contribution in [0.25, 0.3) is 36.5 Å². The van der Waals surface area contributed by atoms with Gasteiger partial charge in [-0.1, -0.05) is 302 Å². The van der Waals surface area contributed by atoms with Gasteiger partial charge in [0.1, 0.15) is 0 Å². The van der Waals surface area contributed by atoms with Crippen molar-refractivity contribution >= 4 is 87.6 Å². The highest BCUT2D eigenvalue weighted by molar-refractivity contribution is 5.90. The number of rotatable bonds is 15. The van der Waals surface area contributed by atoms with Gasteiger partial charge in [-0.15, -0.1) is 0 Å². The van der Waals surface area contributed by atoms with E-state index in [1.54, 1.807) is 0 Å². The average molecular weight is 1070 g/mol. The van der Waals surface area contributed by atoms with Gasteiger partial charge in [-0.05, 0) is 124 Å². The molecule has 0 aliphatic rings. The Morgan fingerprint density at radius 3 is 0.494 bits per heavy atom. The van der Waals surface area contributed by atoms with Crippen molar-refractivity contribution in [3.63, 3.8) is 0 Å². The van der Waals surface area contributed by atoms with Gasteiger partial charge in [0.2, 0.25) is 0 Å². The van der Waals surface area contributed by atoms with Crippen LogP contribution in [-0.2, 0) is 0 Å². The van der Waals surface area contributed by atoms with Gasteiger partial charge in [0, 0.05) is 34.1 Å². The molecule has 0 spiro atoms. The van der Waals surface area contributed by atoms with Gasteiger partial charge < -0.3 is 14.7 Å². The van der Waals surface area contributed by atoms with Crippen LogP contribution in [0.5, 0.6) is 0 Å². The van der Waals surface area contributed by atoms with E-state index in [1.807, 2.05) is 101 Å². The quantitative estimate of drug-likeness (QED) is 0.0948. The summed E-state index contributed by atoms with van der Waals surface area (Å²) in [5.74, 6) is 0. The molecule has 0 fully saturated rings. The molecular weight excluding hydrogens is 979 g/mol. The molecule has 3 heteroatoms. The van der Waals surface area contributed by atoms with Crippen molar-refractivity contribution in [1.82, 2.24) is 0 Å². The molecule has 10 aromatic carbocycles. The summed E-state index contributed by atoms with van der Waals surface area (Å²) in [6.45, 7) is 24.0. The van der Waals surface area contributed by atoms with E-state index >= 15 is 0 Å². The largest absolute Gasteiger partial charge is 0.310 e. The first-order valence-corrected chi connectivity index (χ1v) is 29.4. The maximum Gasteiger partial charge on any atom is 0.0503 e. The second kappa shape index (κ2) is 37.6. The van der Waals surface area contributed by atoms with Gasteiger partial charge in [0.05, 0.1) is 17.1 Å². The number of benzene rings is 10. The third kappa shape index (κ3) is 19.3. The van der Waals surface area contributed by atoms with Gasteiger partial charge >= 0.3 is 0 Å². The van der Waals surface area contributed by atoms with E-state index in [-0.39, 0.29) is 0 Å². The predicted octanol–water partition coefficient (Wildman–Crippen LogP) is 24.8. The SMILES string of the molecule is C(=C\c1ccc(N(c2ccccc2)c2cc(N(c3ccccc3)c3ccc(/C=C/c4ccccc4)cc3)cc(N(c3ccccc3)c3ccc(/C=C/c4ccccc4)cc3)c2)cc1)/c1ccccc1.CC.CC.CC.CC.CC.CC. The number of para-hydroxylation sites is 3. The summed E-state index contributed by atoms with van der Waals surface area (Å²) in [4.78, 5) is 7.08. The topological polar surface area (TPSA) is 9.72 Å². The fourth-order valence-electron chi connectivity index (χ4n) is 8.51. The molecule has 10 rings (SSSR count). The Kier molecular flexibility index (Phi) is 29.9. The third-order valence-electron chi connectivity index (χ3n) is 12.0. The Labute approximate surface area is 489 Å². The number of hydrogen-bond acceptors (Lipinski definition) is 3. The number of anilines is 9. The molecule has 0 heterocycles. The second-order valence-electron chi connectivity index (χ2n) is 16.7. The Bertz CT molecular complexity index is 2890. The van der Waals surface area contributed by atoms with Crippen LogP contribution in [-0.4, -0.2) is 0 Å². The highest BCUT2D eigenvalue weighted by atomic mass is 15.2. The lowest BCUT2D eigenvalue weighted by molar-refractivity contribution is 1.22. The summed E-state index contributed by atoms with van der Waals surface area (Å²) in [6.07, 6.45) is 13.0. The first-order valence-electron chi connectivity index (χ1n) is 29.4. The van der Waals surface area contributed by atoms with E-state index in [4.69, 9.17) is 0 Å². The van der Waals surface area contributed by atoms with Gasteiger partial charge in [0.25, 0.3) is 0 Å². The van der Waals surface area contributed by atoms with E-state index < -0.39 is 0 Å². The molecular formula is C78H87N3. The van der Waals surface area contributed by atoms with Crippen molar-refractivity contribution < 1.29 is 0 Å². The van der Waals surface area contributed by atoms with Crippen LogP contribution in [0.3, 0.4) is 0 Å². The highest BCUT2D eigenvalue weighted by Gasteiger charge is 2.22. The molecule has 0 N–H and O–H groups in total. The first-order chi connectivity index (χ1) is 40.2. The Hall–Kier alpha value is -9.18. The summed E-state index contributed by atoms with van der Waals surface area (Å²) in [6, 6.07) is 96.7. The van der Waals surface area contributed by atoms with Crippen molar-refractivity contribution in [2.45, 2.75) is 83.1 Å². The minimum absolute atomic E-state index is 1.01. The zero-order chi connectivity index (χ0) is 58.5. The van der Waals surface area contributed by atoms with Crippen LogP contribution >= 0.6 is 0 Å². The monoisotopic (exact) mass is 1070 g/mol. The lowest BCUT2D eigenvalue weighted by Crippen LogP contribution is -2.16. The summed E-state index contributed by atoms with van der Waals surface area (Å²) < 4.78 is 0. The van der Waals surface area contributed by atoms with Crippen molar-refractivity contribution in [2.75, 3.05) is 14.7 Å². The van der Waals surface area contributed by atoms with Gasteiger partial charge in [0.15, 0.2) is 0 Å². The van der Waals surface area contributed by atoms with Crippen LogP contribution in [0.15, 0.2) is 273 Å². The normalized spacial score (nSPS) is 10.1. The zero-order valence-corrected chi connectivity index (χ0v) is 50.3. The molecule has 0 aliphatic carbocycles. The fraction of sp³-hybridized carbons (Fsp3) is 0.154. The summed E-state index contributed by atoms with van der Waals surface area (Å²) in [7, 11) is 0. The van der Waals surface area contributed by atoms with E-state index in [2.05, 4.69) is 306 Å². The van der Waals surface area contributed by atoms with Crippen LogP contribution in [0.4, 0.5) is 51.2 Å². The van der Waals surface area contributed by atoms with Crippen LogP contribution in [0.2, 0.25) is 0 Å². The van der Waals surface area contributed by atoms with Crippen molar-refractivity contribution in [3.05, 3.63) is 306 Å². The Morgan fingerprint density at radius 1 is 0.160 bits per heavy atom. The molecule has 0 saturated heterocycles. The van der Waals surface area contributed by atoms with Gasteiger partial charge in [-0.2, -0.15) is 0 Å². The summed E-state index contributed by atoms with van der Waals surface area (Å²) >= 11 is 0. The first kappa shape index (κ1) is 64.3. The van der Waals surface area contributed by atoms with Crippen LogP contribution < -0.4 is 14.7 Å². The molecule has 0 amide bonds. The molecule has 0 aliphatic heterocycles. The second-order valence-corrected chi connectivity index (χ2v) is 16.7. The molecule has 0 aromatic heterocycles. The lowest BCUT2D eigenvalue weighted by atomic mass is 10.1. The predicted molar refractivity (Wildman–Crippen MR) is 365 cm³/mol. The van der Waals surface area contributed by atoms with E-state index in [1.165, 1.54) is 16.7 Å². The third-order valence-corrected chi connectivity index (χ3v) is 12.0. The minimum Gasteiger partial charge on any atom is -0.310 e. The van der Waals surface area contributed by atoms with Crippen LogP contribution in [0.1, 0.15) is 116 Å². The van der Waals surface area contributed by atoms with Crippen molar-refractivity contribution in [2.24, 2.45) is 0 Å². The highest BCUT2D eigenvalue weighted by Crippen LogP contribution is 2.46. The van der Waals surface area contributed by atoms with E-state index in [0.717, 1.165) is 67.9 Å². The molecule has 0 bridgehead atoms. The van der Waals surface area contributed by atoms with Gasteiger partial charge in [-0.25, -0.2) is 0 Å². The Morgan fingerprint density at radius 2 is 0.309 bits per heavy atom. The maximum absolute atomic E-state index is 2.36. The molecule has 414 valence electrons. The average Bonchev–Trinajstić information content (AvgIpc) is 3.76. The number of hydrogen-bond donors (Lipinski definition) is 0. The Balaban J connectivity index is 0.00000110. The summed E-state index contributed by atoms with van der Waals surface area (Å²) in [5, 5.41) is 0. The smallest absolute Gasteiger partial charge is 0.0503 e. The lowest BCUT2D eigenvalue weighted by Gasteiger charge is -2.33. The minimum atomic E-state index is 1.01. The number of nitrogens with zero attached hydrogens (tertiary/aromatic N) is 3. The standard InChI is InChI=1S/C66H51N3.6C2H6/c1-7-19-52(20-8-1)31-34-55-37-43-61(44-38-55)67(58-25-13-4-14-26-58)64-49-65(68(59-27-15-5-16-28-59)62-45-39-56(40-46-62)35-32-53-21-9-2-10-22-53)51-66(50-64)69(60-29-17-6-18-30-60)63-47-41-57(42-48-63)36-33-54-23-11-3-12-24-54;6*1-2/h1-51H;6*1-2H3/b34-31+,35-32+,36-33+;;;;;;. The molecule has 10 aromatic rings. The van der Waals surface area contributed by atoms with E-state index in [9.17, 15) is 0 Å². The van der Waals surface area contributed by atoms with Crippen molar-refractivity contribution in [1.29, 1.82) is 0 Å². The van der Waals surface area contributed by atoms with Gasteiger partial charge in [-0.3, -0.25) is 0 Å². The molecule has 0 saturated carbocycles. The molecule has 0 radical (unpaired) electrons. The summed E-state index contributed by atoms with van der Waals surface area (Å²) in [5.41, 5.74) is 16.2. The van der Waals surface area contributed by atoms with Crippen molar-refractivity contribution in [3.8, 4) is 0 Å². The zero-order valence-electron chi connectivity index (χ0n) is 50.3. The molecule has 3 nitrogen and oxygen atoms in total. The molecule has 81 heavy (non-hydrogen) atoms. The van der Waals surface area contributed by atoms with E-state index in [0.29, 0.717) is 0 Å². The maximum atomic E-state index is 2.36.